The first-order valence-corrected chi connectivity index (χ1v) is 12.3. The summed E-state index contributed by atoms with van der Waals surface area (Å²) in [4.78, 5) is 34.0. The van der Waals surface area contributed by atoms with Crippen molar-refractivity contribution in [1.29, 1.82) is 0 Å². The lowest BCUT2D eigenvalue weighted by atomic mass is 9.94. The molecule has 0 bridgehead atoms. The van der Waals surface area contributed by atoms with E-state index in [4.69, 9.17) is 28.4 Å². The van der Waals surface area contributed by atoms with Gasteiger partial charge in [-0.05, 0) is 0 Å². The van der Waals surface area contributed by atoms with Gasteiger partial charge in [0.25, 0.3) is 0 Å². The highest BCUT2D eigenvalue weighted by Crippen LogP contribution is 2.18. The average Bonchev–Trinajstić information content (AvgIpc) is 2.73. The normalized spacial score (nSPS) is 11.2. The molecule has 0 aliphatic rings. The monoisotopic (exact) mass is 516 g/mol. The molecular formula is C20H36O9S3. The Morgan fingerprint density at radius 2 is 0.844 bits per heavy atom. The molecule has 0 saturated carbocycles. The van der Waals surface area contributed by atoms with Crippen LogP contribution in [0.25, 0.3) is 0 Å². The van der Waals surface area contributed by atoms with Crippen molar-refractivity contribution in [3.63, 3.8) is 0 Å². The van der Waals surface area contributed by atoms with Crippen LogP contribution in [0.4, 0.5) is 0 Å². The summed E-state index contributed by atoms with van der Waals surface area (Å²) in [5.41, 5.74) is -0.515. The lowest BCUT2D eigenvalue weighted by molar-refractivity contribution is -0.146. The van der Waals surface area contributed by atoms with Crippen molar-refractivity contribution in [2.45, 2.75) is 26.2 Å². The Hall–Kier alpha value is -0.660. The molecule has 0 aliphatic heterocycles. The summed E-state index contributed by atoms with van der Waals surface area (Å²) in [5, 5.41) is 0. The van der Waals surface area contributed by atoms with E-state index in [1.165, 1.54) is 0 Å². The van der Waals surface area contributed by atoms with Crippen molar-refractivity contribution in [2.24, 2.45) is 5.41 Å². The van der Waals surface area contributed by atoms with Crippen LogP contribution in [-0.4, -0.2) is 94.6 Å². The van der Waals surface area contributed by atoms with Crippen LogP contribution >= 0.6 is 37.9 Å². The second-order valence-electron chi connectivity index (χ2n) is 7.05. The molecule has 0 heterocycles. The quantitative estimate of drug-likeness (QED) is 0.0908. The number of esters is 3. The number of rotatable bonds is 21. The maximum atomic E-state index is 11.3. The van der Waals surface area contributed by atoms with Gasteiger partial charge in [0.05, 0.1) is 58.9 Å². The molecule has 0 aromatic carbocycles. The number of carbonyl (C=O) groups excluding carboxylic acids is 3. The van der Waals surface area contributed by atoms with Crippen LogP contribution in [0.5, 0.6) is 0 Å². The molecule has 0 unspecified atom stereocenters. The van der Waals surface area contributed by atoms with Gasteiger partial charge in [-0.2, -0.15) is 37.9 Å². The molecule has 0 rings (SSSR count). The summed E-state index contributed by atoms with van der Waals surface area (Å²) in [6.07, 6.45) is 0.749. The molecule has 0 saturated heterocycles. The molecule has 0 aromatic rings. The first-order chi connectivity index (χ1) is 15.4. The molecule has 0 amide bonds. The number of ether oxygens (including phenoxy) is 6. The molecule has 32 heavy (non-hydrogen) atoms. The Labute approximate surface area is 206 Å². The van der Waals surface area contributed by atoms with E-state index >= 15 is 0 Å². The van der Waals surface area contributed by atoms with E-state index in [1.807, 2.05) is 6.92 Å². The maximum absolute atomic E-state index is 11.3. The Morgan fingerprint density at radius 1 is 0.562 bits per heavy atom. The largest absolute Gasteiger partial charge is 0.463 e. The van der Waals surface area contributed by atoms with Gasteiger partial charge in [-0.15, -0.1) is 0 Å². The van der Waals surface area contributed by atoms with Crippen molar-refractivity contribution in [2.75, 3.05) is 76.7 Å². The second-order valence-corrected chi connectivity index (χ2v) is 8.39. The Balaban J connectivity index is 4.32. The third-order valence-electron chi connectivity index (χ3n) is 3.77. The fourth-order valence-electron chi connectivity index (χ4n) is 2.21. The van der Waals surface area contributed by atoms with Crippen LogP contribution in [-0.2, 0) is 42.8 Å². The molecule has 0 spiro atoms. The first kappa shape index (κ1) is 31.3. The minimum absolute atomic E-state index is 0.145. The fourth-order valence-corrected chi connectivity index (χ4v) is 2.76. The van der Waals surface area contributed by atoms with Gasteiger partial charge in [0.15, 0.2) is 0 Å². The fraction of sp³-hybridized carbons (Fsp3) is 0.850. The van der Waals surface area contributed by atoms with Crippen LogP contribution in [0, 0.1) is 5.41 Å². The molecule has 0 fully saturated rings. The van der Waals surface area contributed by atoms with Crippen molar-refractivity contribution >= 4 is 55.8 Å². The minimum Gasteiger partial charge on any atom is -0.463 e. The first-order valence-electron chi connectivity index (χ1n) is 10.4. The number of hydrogen-bond donors (Lipinski definition) is 3. The van der Waals surface area contributed by atoms with E-state index in [0.29, 0.717) is 17.3 Å². The van der Waals surface area contributed by atoms with Gasteiger partial charge in [-0.25, -0.2) is 0 Å². The predicted octanol–water partition coefficient (Wildman–Crippen LogP) is 1.63. The molecule has 0 radical (unpaired) electrons. The summed E-state index contributed by atoms with van der Waals surface area (Å²) in [6, 6.07) is 0. The molecule has 0 atom stereocenters. The molecule has 0 aliphatic carbocycles. The molecular weight excluding hydrogens is 480 g/mol. The third kappa shape index (κ3) is 18.9. The van der Waals surface area contributed by atoms with E-state index in [-0.39, 0.29) is 96.6 Å². The van der Waals surface area contributed by atoms with Crippen LogP contribution in [0.2, 0.25) is 0 Å². The van der Waals surface area contributed by atoms with Crippen molar-refractivity contribution < 1.29 is 42.8 Å². The smallest absolute Gasteiger partial charge is 0.306 e. The minimum atomic E-state index is -0.515. The zero-order valence-electron chi connectivity index (χ0n) is 18.6. The highest BCUT2D eigenvalue weighted by Gasteiger charge is 2.26. The van der Waals surface area contributed by atoms with Gasteiger partial charge in [0, 0.05) is 22.7 Å². The average molecular weight is 517 g/mol. The van der Waals surface area contributed by atoms with Gasteiger partial charge in [0.2, 0.25) is 0 Å². The van der Waals surface area contributed by atoms with Crippen LogP contribution in [0.1, 0.15) is 26.2 Å². The lowest BCUT2D eigenvalue weighted by Gasteiger charge is -2.29. The summed E-state index contributed by atoms with van der Waals surface area (Å²) in [6.45, 7) is 3.91. The summed E-state index contributed by atoms with van der Waals surface area (Å²) < 4.78 is 32.0. The van der Waals surface area contributed by atoms with Gasteiger partial charge < -0.3 is 28.4 Å². The summed E-state index contributed by atoms with van der Waals surface area (Å²) >= 11 is 11.9. The van der Waals surface area contributed by atoms with Gasteiger partial charge in [-0.3, -0.25) is 14.4 Å². The SMILES string of the molecule is CC(COCCOC(=O)CCS)(COCCOC(=O)CCS)COCCOC(=O)CCS. The summed E-state index contributed by atoms with van der Waals surface area (Å²) in [7, 11) is 0. The molecule has 188 valence electrons. The third-order valence-corrected chi connectivity index (χ3v) is 4.44. The predicted molar refractivity (Wildman–Crippen MR) is 129 cm³/mol. The number of thiol groups is 3. The van der Waals surface area contributed by atoms with Crippen LogP contribution in [0.15, 0.2) is 0 Å². The summed E-state index contributed by atoms with van der Waals surface area (Å²) in [5.74, 6) is 0.329. The van der Waals surface area contributed by atoms with E-state index in [9.17, 15) is 14.4 Å². The lowest BCUT2D eigenvalue weighted by Crippen LogP contribution is -2.35. The standard InChI is InChI=1S/C20H36O9S3/c1-20(14-24-5-8-27-17(21)2-11-30,15-25-6-9-28-18(22)3-12-31)16-26-7-10-29-19(23)4-13-32/h30-32H,2-16H2,1H3. The van der Waals surface area contributed by atoms with Gasteiger partial charge in [0.1, 0.15) is 19.8 Å². The molecule has 12 heteroatoms. The van der Waals surface area contributed by atoms with Crippen molar-refractivity contribution in [3.05, 3.63) is 0 Å². The Bertz CT molecular complexity index is 451. The topological polar surface area (TPSA) is 107 Å². The zero-order valence-corrected chi connectivity index (χ0v) is 21.3. The van der Waals surface area contributed by atoms with Crippen LogP contribution < -0.4 is 0 Å². The highest BCUT2D eigenvalue weighted by molar-refractivity contribution is 7.80. The highest BCUT2D eigenvalue weighted by atomic mass is 32.1. The molecule has 0 aromatic heterocycles. The van der Waals surface area contributed by atoms with E-state index in [1.54, 1.807) is 0 Å². The number of hydrogen-bond acceptors (Lipinski definition) is 12. The zero-order chi connectivity index (χ0) is 24.1. The van der Waals surface area contributed by atoms with E-state index in [2.05, 4.69) is 37.9 Å². The van der Waals surface area contributed by atoms with E-state index < -0.39 is 5.41 Å². The van der Waals surface area contributed by atoms with Gasteiger partial charge in [-0.1, -0.05) is 6.92 Å². The Kier molecular flexibility index (Phi) is 20.5. The molecule has 0 N–H and O–H groups in total. The number of carbonyl (C=O) groups is 3. The van der Waals surface area contributed by atoms with E-state index in [0.717, 1.165) is 0 Å². The second kappa shape index (κ2) is 20.9. The molecule has 9 nitrogen and oxygen atoms in total. The maximum Gasteiger partial charge on any atom is 0.306 e. The Morgan fingerprint density at radius 3 is 1.09 bits per heavy atom. The van der Waals surface area contributed by atoms with Crippen molar-refractivity contribution in [1.82, 2.24) is 0 Å². The van der Waals surface area contributed by atoms with Crippen molar-refractivity contribution in [3.8, 4) is 0 Å². The van der Waals surface area contributed by atoms with Gasteiger partial charge >= 0.3 is 17.9 Å². The van der Waals surface area contributed by atoms with Crippen LogP contribution in [0.3, 0.4) is 0 Å².